The number of rotatable bonds is 6. The lowest BCUT2D eigenvalue weighted by molar-refractivity contribution is -0.116. The lowest BCUT2D eigenvalue weighted by Crippen LogP contribution is -2.10. The lowest BCUT2D eigenvalue weighted by atomic mass is 9.99. The van der Waals surface area contributed by atoms with Gasteiger partial charge in [0.2, 0.25) is 0 Å². The average molecular weight is 428 g/mol. The zero-order chi connectivity index (χ0) is 21.4. The first-order valence-corrected chi connectivity index (χ1v) is 11.9. The fourth-order valence-corrected chi connectivity index (χ4v) is 4.19. The van der Waals surface area contributed by atoms with Gasteiger partial charge in [0.25, 0.3) is 0 Å². The summed E-state index contributed by atoms with van der Waals surface area (Å²) in [6.45, 7) is 7.57. The van der Waals surface area contributed by atoms with E-state index >= 15 is 0 Å². The van der Waals surface area contributed by atoms with Crippen molar-refractivity contribution in [2.75, 3.05) is 13.4 Å². The molecule has 1 heterocycles. The van der Waals surface area contributed by atoms with Gasteiger partial charge in [0.15, 0.2) is 0 Å². The molecule has 1 unspecified atom stereocenters. The highest BCUT2D eigenvalue weighted by Gasteiger charge is 2.23. The standard InChI is InChI=1S/C22H23NO2S2.C2H6/c1-14(24)15(2)27-21-13-20(16-7-11-19(26-4)12-8-16)22(23-21)17-5-9-18(25-3)10-6-17;1-2/h5-12,15H,13H2,1-4H3;1-2H3. The number of ketones is 1. The fourth-order valence-electron chi connectivity index (χ4n) is 2.84. The van der Waals surface area contributed by atoms with Crippen LogP contribution < -0.4 is 4.74 Å². The third-order valence-electron chi connectivity index (χ3n) is 4.54. The number of carbonyl (C=O) groups excluding carboxylic acids is 1. The first-order chi connectivity index (χ1) is 14.0. The third kappa shape index (κ3) is 6.00. The van der Waals surface area contributed by atoms with Crippen LogP contribution in [0.3, 0.4) is 0 Å². The van der Waals surface area contributed by atoms with E-state index in [-0.39, 0.29) is 11.0 Å². The molecule has 0 aromatic heterocycles. The van der Waals surface area contributed by atoms with Crippen molar-refractivity contribution in [1.29, 1.82) is 0 Å². The van der Waals surface area contributed by atoms with Crippen molar-refractivity contribution in [2.45, 2.75) is 44.3 Å². The van der Waals surface area contributed by atoms with Gasteiger partial charge in [-0.1, -0.05) is 37.7 Å². The Morgan fingerprint density at radius 2 is 1.62 bits per heavy atom. The van der Waals surface area contributed by atoms with Crippen molar-refractivity contribution in [3.63, 3.8) is 0 Å². The molecule has 1 aliphatic rings. The van der Waals surface area contributed by atoms with Gasteiger partial charge in [-0.05, 0) is 67.6 Å². The monoisotopic (exact) mass is 427 g/mol. The van der Waals surface area contributed by atoms with Gasteiger partial charge in [-0.25, -0.2) is 4.99 Å². The number of ether oxygens (including phenoxy) is 1. The average Bonchev–Trinajstić information content (AvgIpc) is 3.19. The molecule has 2 aromatic rings. The van der Waals surface area contributed by atoms with Crippen LogP contribution in [-0.4, -0.2) is 29.4 Å². The van der Waals surface area contributed by atoms with Crippen LogP contribution in [0.25, 0.3) is 11.3 Å². The number of carbonyl (C=O) groups is 1. The molecule has 0 amide bonds. The summed E-state index contributed by atoms with van der Waals surface area (Å²) < 4.78 is 5.27. The molecule has 1 aliphatic heterocycles. The minimum atomic E-state index is -0.0842. The Balaban J connectivity index is 0.00000145. The van der Waals surface area contributed by atoms with Crippen LogP contribution in [0, 0.1) is 0 Å². The molecule has 1 atom stereocenters. The highest BCUT2D eigenvalue weighted by atomic mass is 32.2. The van der Waals surface area contributed by atoms with Crippen LogP contribution in [0.1, 0.15) is 45.2 Å². The minimum Gasteiger partial charge on any atom is -0.497 e. The van der Waals surface area contributed by atoms with Gasteiger partial charge < -0.3 is 4.74 Å². The number of hydrogen-bond acceptors (Lipinski definition) is 5. The Hall–Kier alpha value is -1.98. The van der Waals surface area contributed by atoms with E-state index in [0.29, 0.717) is 0 Å². The normalized spacial score (nSPS) is 14.1. The number of Topliss-reactive ketones (excluding diaryl/α,β-unsaturated/α-hetero) is 1. The number of nitrogens with zero attached hydrogens (tertiary/aromatic N) is 1. The Morgan fingerprint density at radius 3 is 2.14 bits per heavy atom. The highest BCUT2D eigenvalue weighted by molar-refractivity contribution is 8.15. The summed E-state index contributed by atoms with van der Waals surface area (Å²) >= 11 is 3.29. The van der Waals surface area contributed by atoms with Crippen molar-refractivity contribution in [3.8, 4) is 5.75 Å². The highest BCUT2D eigenvalue weighted by Crippen LogP contribution is 2.39. The molecule has 2 aromatic carbocycles. The molecule has 5 heteroatoms. The zero-order valence-corrected chi connectivity index (χ0v) is 19.6. The molecular formula is C24H29NO2S2. The molecule has 29 heavy (non-hydrogen) atoms. The van der Waals surface area contributed by atoms with Crippen molar-refractivity contribution in [3.05, 3.63) is 59.7 Å². The molecule has 0 aliphatic carbocycles. The van der Waals surface area contributed by atoms with E-state index in [1.165, 1.54) is 16.0 Å². The van der Waals surface area contributed by atoms with Crippen LogP contribution in [0.4, 0.5) is 0 Å². The number of allylic oxidation sites excluding steroid dienone is 1. The summed E-state index contributed by atoms with van der Waals surface area (Å²) in [4.78, 5) is 17.8. The maximum atomic E-state index is 11.7. The molecule has 3 rings (SSSR count). The second-order valence-corrected chi connectivity index (χ2v) is 8.63. The summed E-state index contributed by atoms with van der Waals surface area (Å²) in [6.07, 6.45) is 2.83. The van der Waals surface area contributed by atoms with Gasteiger partial charge in [-0.3, -0.25) is 4.79 Å². The van der Waals surface area contributed by atoms with Gasteiger partial charge in [0, 0.05) is 16.9 Å². The first kappa shape index (κ1) is 23.3. The Morgan fingerprint density at radius 1 is 1.03 bits per heavy atom. The van der Waals surface area contributed by atoms with Crippen molar-refractivity contribution < 1.29 is 9.53 Å². The summed E-state index contributed by atoms with van der Waals surface area (Å²) in [6, 6.07) is 16.6. The second kappa shape index (κ2) is 11.3. The van der Waals surface area contributed by atoms with Gasteiger partial charge in [0.05, 0.1) is 23.1 Å². The van der Waals surface area contributed by atoms with Gasteiger partial charge >= 0.3 is 0 Å². The van der Waals surface area contributed by atoms with E-state index in [9.17, 15) is 4.79 Å². The zero-order valence-electron chi connectivity index (χ0n) is 18.0. The topological polar surface area (TPSA) is 38.7 Å². The number of thioether (sulfide) groups is 2. The molecule has 0 bridgehead atoms. The predicted molar refractivity (Wildman–Crippen MR) is 129 cm³/mol. The minimum absolute atomic E-state index is 0.0842. The lowest BCUT2D eigenvalue weighted by Gasteiger charge is -2.09. The summed E-state index contributed by atoms with van der Waals surface area (Å²) in [5, 5.41) is 0.909. The molecule has 0 fully saturated rings. The smallest absolute Gasteiger partial charge is 0.142 e. The van der Waals surface area contributed by atoms with Crippen molar-refractivity contribution in [2.24, 2.45) is 4.99 Å². The van der Waals surface area contributed by atoms with Crippen LogP contribution in [0.2, 0.25) is 0 Å². The van der Waals surface area contributed by atoms with Gasteiger partial charge in [0.1, 0.15) is 11.5 Å². The van der Waals surface area contributed by atoms with Crippen LogP contribution >= 0.6 is 23.5 Å². The SMILES string of the molecule is CC.COc1ccc(C2=C(c3ccc(SC)cc3)CC(SC(C)C(C)=O)=N2)cc1. The van der Waals surface area contributed by atoms with Crippen LogP contribution in [0.15, 0.2) is 58.4 Å². The number of hydrogen-bond donors (Lipinski definition) is 0. The van der Waals surface area contributed by atoms with Crippen LogP contribution in [0.5, 0.6) is 5.75 Å². The summed E-state index contributed by atoms with van der Waals surface area (Å²) in [5.41, 5.74) is 4.41. The molecule has 154 valence electrons. The maximum absolute atomic E-state index is 11.7. The molecule has 0 N–H and O–H groups in total. The van der Waals surface area contributed by atoms with Gasteiger partial charge in [-0.15, -0.1) is 11.8 Å². The largest absolute Gasteiger partial charge is 0.497 e. The summed E-state index contributed by atoms with van der Waals surface area (Å²) in [7, 11) is 1.67. The number of benzene rings is 2. The fraction of sp³-hybridized carbons (Fsp3) is 0.333. The quantitative estimate of drug-likeness (QED) is 0.474. The van der Waals surface area contributed by atoms with E-state index in [2.05, 4.69) is 30.5 Å². The molecule has 0 spiro atoms. The number of methoxy groups -OCH3 is 1. The molecule has 0 radical (unpaired) electrons. The van der Waals surface area contributed by atoms with E-state index in [1.807, 2.05) is 45.0 Å². The molecule has 0 saturated carbocycles. The van der Waals surface area contributed by atoms with Crippen molar-refractivity contribution >= 4 is 45.6 Å². The summed E-state index contributed by atoms with van der Waals surface area (Å²) in [5.74, 6) is 0.999. The molecule has 3 nitrogen and oxygen atoms in total. The predicted octanol–water partition coefficient (Wildman–Crippen LogP) is 6.82. The van der Waals surface area contributed by atoms with E-state index < -0.39 is 0 Å². The molecular weight excluding hydrogens is 398 g/mol. The van der Waals surface area contributed by atoms with Gasteiger partial charge in [-0.2, -0.15) is 0 Å². The number of aliphatic imine (C=N–C) groups is 1. The Labute approximate surface area is 183 Å². The van der Waals surface area contributed by atoms with E-state index in [4.69, 9.17) is 9.73 Å². The van der Waals surface area contributed by atoms with E-state index in [1.54, 1.807) is 37.6 Å². The maximum Gasteiger partial charge on any atom is 0.142 e. The molecule has 0 saturated heterocycles. The Bertz CT molecular complexity index is 884. The van der Waals surface area contributed by atoms with E-state index in [0.717, 1.165) is 28.5 Å². The second-order valence-electron chi connectivity index (χ2n) is 6.34. The van der Waals surface area contributed by atoms with Crippen LogP contribution in [-0.2, 0) is 4.79 Å². The van der Waals surface area contributed by atoms with Crippen molar-refractivity contribution in [1.82, 2.24) is 0 Å². The Kier molecular flexibility index (Phi) is 9.05. The first-order valence-electron chi connectivity index (χ1n) is 9.78. The third-order valence-corrected chi connectivity index (χ3v) is 6.47.